The highest BCUT2D eigenvalue weighted by atomic mass is 16.8. The normalized spacial score (nSPS) is 30.1. The Morgan fingerprint density at radius 3 is 1.35 bits per heavy atom. The summed E-state index contributed by atoms with van der Waals surface area (Å²) in [6.45, 7) is 1.53. The molecule has 17 unspecified atom stereocenters. The van der Waals surface area contributed by atoms with E-state index in [-0.39, 0.29) is 12.3 Å². The van der Waals surface area contributed by atoms with Crippen LogP contribution in [-0.4, -0.2) is 193 Å². The van der Waals surface area contributed by atoms with Gasteiger partial charge in [0.25, 0.3) is 0 Å². The van der Waals surface area contributed by atoms with E-state index < -0.39 is 131 Å². The van der Waals surface area contributed by atoms with Gasteiger partial charge < -0.3 is 89.9 Å². The van der Waals surface area contributed by atoms with Gasteiger partial charge in [-0.2, -0.15) is 0 Å². The van der Waals surface area contributed by atoms with Crippen LogP contribution in [0.25, 0.3) is 0 Å². The molecule has 3 heterocycles. The molecule has 12 N–H and O–H groups in total. The molecule has 0 aliphatic carbocycles. The Labute approximate surface area is 494 Å². The van der Waals surface area contributed by atoms with Crippen molar-refractivity contribution in [2.45, 2.75) is 272 Å². The Hall–Kier alpha value is -3.29. The van der Waals surface area contributed by atoms with Crippen molar-refractivity contribution < 1.29 is 89.4 Å². The molecule has 3 rings (SSSR count). The second-order valence-corrected chi connectivity index (χ2v) is 21.8. The minimum atomic E-state index is -1.99. The molecule has 0 saturated carbocycles. The lowest BCUT2D eigenvalue weighted by Crippen LogP contribution is -2.66. The number of carbonyl (C=O) groups excluding carboxylic acids is 1. The van der Waals surface area contributed by atoms with Crippen LogP contribution in [0.3, 0.4) is 0 Å². The lowest BCUT2D eigenvalue weighted by molar-refractivity contribution is -0.379. The van der Waals surface area contributed by atoms with E-state index in [0.717, 1.165) is 77.0 Å². The first-order valence-corrected chi connectivity index (χ1v) is 31.0. The summed E-state index contributed by atoms with van der Waals surface area (Å²) >= 11 is 0. The smallest absolute Gasteiger partial charge is 0.220 e. The molecule has 0 bridgehead atoms. The van der Waals surface area contributed by atoms with Crippen molar-refractivity contribution in [2.75, 3.05) is 26.4 Å². The quantitative estimate of drug-likeness (QED) is 0.0241. The Balaban J connectivity index is 1.53. The van der Waals surface area contributed by atoms with E-state index in [4.69, 9.17) is 28.4 Å². The standard InChI is InChI=1S/C64H107NO18/c1-3-5-7-9-11-13-15-17-19-21-23-25-27-29-31-33-35-37-39-41-48(69)47(65-52(70)42-40-38-36-34-32-30-28-26-24-22-20-18-16-14-12-10-8-6-4-2)46-78-62-58(76)55(73)60(50(44-67)80-62)83-64-59(77)56(74)61(51(45-68)81-64)82-63-57(75)54(72)53(71)49(43-66)79-63/h6,8,12,14,18,20,23-26,30-33,39,41,47-51,53-64,66-69,71-77H,3-5,7,9-11,13,15-17,19,21-22,27-29,34-38,40,42-46H2,1-2H3,(H,65,70)/b8-6-,14-12-,20-18-,25-23+,26-24-,32-30-,33-31+,41-39+. The van der Waals surface area contributed by atoms with Crippen LogP contribution >= 0.6 is 0 Å². The van der Waals surface area contributed by atoms with Gasteiger partial charge in [-0.3, -0.25) is 4.79 Å². The second kappa shape index (κ2) is 45.9. The van der Waals surface area contributed by atoms with Crippen molar-refractivity contribution in [1.82, 2.24) is 5.32 Å². The Morgan fingerprint density at radius 1 is 0.446 bits per heavy atom. The second-order valence-electron chi connectivity index (χ2n) is 21.8. The molecule has 3 fully saturated rings. The summed E-state index contributed by atoms with van der Waals surface area (Å²) in [5.74, 6) is -0.326. The summed E-state index contributed by atoms with van der Waals surface area (Å²) in [4.78, 5) is 13.3. The first kappa shape index (κ1) is 74.0. The third-order valence-corrected chi connectivity index (χ3v) is 14.8. The zero-order chi connectivity index (χ0) is 60.5. The van der Waals surface area contributed by atoms with E-state index in [1.165, 1.54) is 57.8 Å². The lowest BCUT2D eigenvalue weighted by Gasteiger charge is -2.48. The van der Waals surface area contributed by atoms with Crippen molar-refractivity contribution in [3.05, 3.63) is 97.2 Å². The van der Waals surface area contributed by atoms with Crippen LogP contribution < -0.4 is 5.32 Å². The molecule has 3 aliphatic heterocycles. The van der Waals surface area contributed by atoms with Crippen LogP contribution in [0.2, 0.25) is 0 Å². The number of amides is 1. The Bertz CT molecular complexity index is 1890. The molecule has 3 saturated heterocycles. The van der Waals surface area contributed by atoms with Crippen LogP contribution in [0.4, 0.5) is 0 Å². The van der Waals surface area contributed by atoms with Gasteiger partial charge in [0, 0.05) is 6.42 Å². The van der Waals surface area contributed by atoms with Crippen LogP contribution in [0.15, 0.2) is 97.2 Å². The lowest BCUT2D eigenvalue weighted by atomic mass is 9.96. The van der Waals surface area contributed by atoms with Crippen LogP contribution in [0.5, 0.6) is 0 Å². The molecule has 0 aromatic heterocycles. The van der Waals surface area contributed by atoms with Gasteiger partial charge in [0.1, 0.15) is 73.2 Å². The largest absolute Gasteiger partial charge is 0.394 e. The molecule has 3 aliphatic rings. The van der Waals surface area contributed by atoms with Gasteiger partial charge in [-0.05, 0) is 89.9 Å². The minimum absolute atomic E-state index is 0.187. The predicted octanol–water partition coefficient (Wildman–Crippen LogP) is 6.15. The topological polar surface area (TPSA) is 307 Å². The average Bonchev–Trinajstić information content (AvgIpc) is 3.43. The van der Waals surface area contributed by atoms with Gasteiger partial charge in [0.05, 0.1) is 38.6 Å². The molecule has 19 nitrogen and oxygen atoms in total. The van der Waals surface area contributed by atoms with Gasteiger partial charge in [-0.25, -0.2) is 0 Å². The molecule has 0 aromatic rings. The molecule has 0 radical (unpaired) electrons. The molecule has 17 atom stereocenters. The first-order valence-electron chi connectivity index (χ1n) is 31.0. The summed E-state index contributed by atoms with van der Waals surface area (Å²) in [6.07, 6.45) is 31.0. The molecule has 1 amide bonds. The summed E-state index contributed by atoms with van der Waals surface area (Å²) in [5.41, 5.74) is 0. The van der Waals surface area contributed by atoms with E-state index in [2.05, 4.69) is 104 Å². The van der Waals surface area contributed by atoms with E-state index in [0.29, 0.717) is 12.8 Å². The van der Waals surface area contributed by atoms with Gasteiger partial charge in [0.2, 0.25) is 5.91 Å². The SMILES string of the molecule is CC/C=C\C/C=C\C/C=C\C/C=C\C/C=C\CCCCCC(=O)NC(COC1OC(CO)C(OC2OC(CO)C(OC3OC(CO)C(O)C(O)C3O)C(O)C2O)C(O)C1O)C(O)/C=C/CC/C=C/CC/C=C/CCCCCCCCCCC. The van der Waals surface area contributed by atoms with Gasteiger partial charge in [0.15, 0.2) is 18.9 Å². The maximum atomic E-state index is 13.3. The number of aliphatic hydroxyl groups excluding tert-OH is 11. The third-order valence-electron chi connectivity index (χ3n) is 14.8. The number of nitrogens with one attached hydrogen (secondary N) is 1. The van der Waals surface area contributed by atoms with Crippen LogP contribution in [-0.2, 0) is 33.2 Å². The molecule has 0 aromatic carbocycles. The molecule has 476 valence electrons. The zero-order valence-electron chi connectivity index (χ0n) is 49.6. The average molecular weight is 1180 g/mol. The van der Waals surface area contributed by atoms with Crippen molar-refractivity contribution in [3.63, 3.8) is 0 Å². The van der Waals surface area contributed by atoms with E-state index in [9.17, 15) is 61.0 Å². The molecule has 0 spiro atoms. The molecule has 19 heteroatoms. The van der Waals surface area contributed by atoms with Crippen molar-refractivity contribution in [2.24, 2.45) is 0 Å². The fraction of sp³-hybridized carbons (Fsp3) is 0.734. The van der Waals surface area contributed by atoms with Crippen molar-refractivity contribution in [1.29, 1.82) is 0 Å². The van der Waals surface area contributed by atoms with Crippen molar-refractivity contribution >= 4 is 5.91 Å². The van der Waals surface area contributed by atoms with Crippen LogP contribution in [0, 0.1) is 0 Å². The number of hydrogen-bond donors (Lipinski definition) is 12. The fourth-order valence-corrected chi connectivity index (χ4v) is 9.78. The zero-order valence-corrected chi connectivity index (χ0v) is 49.6. The number of ether oxygens (including phenoxy) is 6. The minimum Gasteiger partial charge on any atom is -0.394 e. The highest BCUT2D eigenvalue weighted by Crippen LogP contribution is 2.33. The highest BCUT2D eigenvalue weighted by Gasteiger charge is 2.53. The first-order chi connectivity index (χ1) is 40.3. The van der Waals surface area contributed by atoms with Gasteiger partial charge in [-0.15, -0.1) is 0 Å². The summed E-state index contributed by atoms with van der Waals surface area (Å²) in [6, 6.07) is -1.02. The number of unbranched alkanes of at least 4 members (excludes halogenated alkanes) is 14. The highest BCUT2D eigenvalue weighted by molar-refractivity contribution is 5.76. The molecular formula is C64H107NO18. The van der Waals surface area contributed by atoms with Crippen molar-refractivity contribution in [3.8, 4) is 0 Å². The number of hydrogen-bond acceptors (Lipinski definition) is 18. The molecular weight excluding hydrogens is 1070 g/mol. The summed E-state index contributed by atoms with van der Waals surface area (Å²) in [5, 5.41) is 120. The van der Waals surface area contributed by atoms with Gasteiger partial charge >= 0.3 is 0 Å². The number of carbonyl (C=O) groups is 1. The summed E-state index contributed by atoms with van der Waals surface area (Å²) in [7, 11) is 0. The monoisotopic (exact) mass is 1180 g/mol. The number of aliphatic hydroxyl groups is 11. The van der Waals surface area contributed by atoms with E-state index in [1.54, 1.807) is 6.08 Å². The Morgan fingerprint density at radius 2 is 0.843 bits per heavy atom. The molecule has 83 heavy (non-hydrogen) atoms. The van der Waals surface area contributed by atoms with Gasteiger partial charge in [-0.1, -0.05) is 169 Å². The number of allylic oxidation sites excluding steroid dienone is 15. The maximum absolute atomic E-state index is 13.3. The van der Waals surface area contributed by atoms with E-state index >= 15 is 0 Å². The Kier molecular flexibility index (Phi) is 40.9. The van der Waals surface area contributed by atoms with Crippen LogP contribution in [0.1, 0.15) is 168 Å². The van der Waals surface area contributed by atoms with E-state index in [1.807, 2.05) is 6.08 Å². The summed E-state index contributed by atoms with van der Waals surface area (Å²) < 4.78 is 34.2. The maximum Gasteiger partial charge on any atom is 0.220 e. The third kappa shape index (κ3) is 29.3. The fourth-order valence-electron chi connectivity index (χ4n) is 9.78. The predicted molar refractivity (Wildman–Crippen MR) is 318 cm³/mol. The number of rotatable bonds is 44.